The van der Waals surface area contributed by atoms with Crippen LogP contribution in [0.15, 0.2) is 6.33 Å². The second kappa shape index (κ2) is 1.96. The van der Waals surface area contributed by atoms with Crippen molar-refractivity contribution >= 4 is 11.8 Å². The molecule has 0 fully saturated rings. The Hall–Kier alpha value is -1.56. The van der Waals surface area contributed by atoms with Crippen molar-refractivity contribution < 1.29 is 9.90 Å². The largest absolute Gasteiger partial charge is 0.368 e. The van der Waals surface area contributed by atoms with Crippen LogP contribution in [0.4, 0.5) is 10.6 Å². The van der Waals surface area contributed by atoms with E-state index in [1.807, 2.05) is 0 Å². The molecule has 1 atom stereocenters. The molecule has 0 bridgehead atoms. The van der Waals surface area contributed by atoms with Gasteiger partial charge in [-0.1, -0.05) is 0 Å². The number of aromatic nitrogens is 2. The lowest BCUT2D eigenvalue weighted by Gasteiger charge is -2.18. The normalized spacial score (nSPS) is 21.9. The molecule has 58 valence electrons. The number of rotatable bonds is 0. The van der Waals surface area contributed by atoms with Gasteiger partial charge in [-0.05, 0) is 0 Å². The minimum Gasteiger partial charge on any atom is -0.368 e. The number of nitrogens with one attached hydrogen (secondary N) is 3. The van der Waals surface area contributed by atoms with Crippen LogP contribution < -0.4 is 10.6 Å². The molecule has 6 nitrogen and oxygen atoms in total. The van der Waals surface area contributed by atoms with E-state index in [4.69, 9.17) is 0 Å². The van der Waals surface area contributed by atoms with E-state index in [9.17, 15) is 9.90 Å². The molecule has 1 aromatic heterocycles. The molecule has 1 aliphatic heterocycles. The van der Waals surface area contributed by atoms with E-state index < -0.39 is 12.3 Å². The van der Waals surface area contributed by atoms with Gasteiger partial charge in [0, 0.05) is 0 Å². The summed E-state index contributed by atoms with van der Waals surface area (Å²) in [5.41, 5.74) is 0.476. The van der Waals surface area contributed by atoms with E-state index in [0.29, 0.717) is 11.5 Å². The number of aliphatic hydroxyl groups is 1. The molecule has 0 aromatic carbocycles. The van der Waals surface area contributed by atoms with Crippen molar-refractivity contribution in [1.82, 2.24) is 15.3 Å². The summed E-state index contributed by atoms with van der Waals surface area (Å²) in [6.45, 7) is 0. The average molecular weight is 154 g/mol. The fourth-order valence-electron chi connectivity index (χ4n) is 0.952. The number of hydrogen-bond acceptors (Lipinski definition) is 3. The third-order valence-corrected chi connectivity index (χ3v) is 1.44. The first-order chi connectivity index (χ1) is 5.27. The Morgan fingerprint density at radius 2 is 2.45 bits per heavy atom. The van der Waals surface area contributed by atoms with Gasteiger partial charge in [0.25, 0.3) is 0 Å². The topological polar surface area (TPSA) is 90.0 Å². The number of aliphatic hydroxyl groups excluding tert-OH is 1. The number of fused-ring (bicyclic) bond motifs is 1. The maximum absolute atomic E-state index is 10.7. The van der Waals surface area contributed by atoms with Gasteiger partial charge in [0.05, 0.1) is 6.33 Å². The first kappa shape index (κ1) is 6.17. The van der Waals surface area contributed by atoms with E-state index in [1.54, 1.807) is 0 Å². The third-order valence-electron chi connectivity index (χ3n) is 1.44. The number of carbonyl (C=O) groups is 1. The molecular weight excluding hydrogens is 148 g/mol. The van der Waals surface area contributed by atoms with Gasteiger partial charge in [-0.2, -0.15) is 0 Å². The predicted octanol–water partition coefficient (Wildman–Crippen LogP) is -0.464. The Morgan fingerprint density at radius 1 is 1.64 bits per heavy atom. The summed E-state index contributed by atoms with van der Waals surface area (Å²) in [5.74, 6) is 0.376. The van der Waals surface area contributed by atoms with Gasteiger partial charge < -0.3 is 15.4 Å². The highest BCUT2D eigenvalue weighted by Crippen LogP contribution is 2.19. The maximum atomic E-state index is 10.7. The fourth-order valence-corrected chi connectivity index (χ4v) is 0.952. The first-order valence-corrected chi connectivity index (χ1v) is 3.06. The van der Waals surface area contributed by atoms with Crippen LogP contribution in [0.5, 0.6) is 0 Å². The van der Waals surface area contributed by atoms with Gasteiger partial charge in [-0.3, -0.25) is 5.32 Å². The molecular formula is C5H6N4O2. The number of imidazole rings is 1. The second-order valence-electron chi connectivity index (χ2n) is 2.17. The molecule has 0 radical (unpaired) electrons. The average Bonchev–Trinajstić information content (AvgIpc) is 2.34. The van der Waals surface area contributed by atoms with Crippen LogP contribution >= 0.6 is 0 Å². The molecule has 0 saturated carbocycles. The van der Waals surface area contributed by atoms with Crippen LogP contribution in [0.1, 0.15) is 11.9 Å². The van der Waals surface area contributed by atoms with Gasteiger partial charge >= 0.3 is 6.03 Å². The van der Waals surface area contributed by atoms with E-state index in [1.165, 1.54) is 6.33 Å². The van der Waals surface area contributed by atoms with Gasteiger partial charge in [0.15, 0.2) is 12.0 Å². The van der Waals surface area contributed by atoms with E-state index in [2.05, 4.69) is 20.6 Å². The summed E-state index contributed by atoms with van der Waals surface area (Å²) >= 11 is 0. The van der Waals surface area contributed by atoms with Crippen LogP contribution in [-0.4, -0.2) is 21.1 Å². The number of amides is 2. The SMILES string of the molecule is O=C1Nc2nc[nH]c2C(O)N1. The van der Waals surface area contributed by atoms with E-state index in [0.717, 1.165) is 0 Å². The molecule has 0 spiro atoms. The summed E-state index contributed by atoms with van der Waals surface area (Å²) in [4.78, 5) is 17.2. The molecule has 1 unspecified atom stereocenters. The van der Waals surface area contributed by atoms with Gasteiger partial charge in [0.2, 0.25) is 0 Å². The molecule has 4 N–H and O–H groups in total. The zero-order valence-electron chi connectivity index (χ0n) is 5.46. The van der Waals surface area contributed by atoms with Crippen LogP contribution in [0.2, 0.25) is 0 Å². The van der Waals surface area contributed by atoms with Gasteiger partial charge in [0.1, 0.15) is 5.69 Å². The minimum atomic E-state index is -0.985. The highest BCUT2D eigenvalue weighted by Gasteiger charge is 2.23. The van der Waals surface area contributed by atoms with Crippen molar-refractivity contribution in [3.8, 4) is 0 Å². The van der Waals surface area contributed by atoms with E-state index in [-0.39, 0.29) is 0 Å². The second-order valence-corrected chi connectivity index (χ2v) is 2.17. The lowest BCUT2D eigenvalue weighted by atomic mass is 10.3. The first-order valence-electron chi connectivity index (χ1n) is 3.06. The zero-order valence-corrected chi connectivity index (χ0v) is 5.46. The van der Waals surface area contributed by atoms with Gasteiger partial charge in [-0.15, -0.1) is 0 Å². The molecule has 0 saturated heterocycles. The lowest BCUT2D eigenvalue weighted by Crippen LogP contribution is -2.37. The number of carbonyl (C=O) groups excluding carboxylic acids is 1. The summed E-state index contributed by atoms with van der Waals surface area (Å²) in [6.07, 6.45) is 0.419. The molecule has 2 rings (SSSR count). The smallest absolute Gasteiger partial charge is 0.322 e. The molecule has 1 aromatic rings. The summed E-state index contributed by atoms with van der Waals surface area (Å²) in [7, 11) is 0. The molecule has 6 heteroatoms. The number of urea groups is 1. The maximum Gasteiger partial charge on any atom is 0.322 e. The number of H-pyrrole nitrogens is 1. The number of anilines is 1. The van der Waals surface area contributed by atoms with Crippen LogP contribution in [0, 0.1) is 0 Å². The van der Waals surface area contributed by atoms with Crippen LogP contribution in [0.3, 0.4) is 0 Å². The van der Waals surface area contributed by atoms with Crippen molar-refractivity contribution in [2.75, 3.05) is 5.32 Å². The van der Waals surface area contributed by atoms with Crippen molar-refractivity contribution in [2.45, 2.75) is 6.23 Å². The highest BCUT2D eigenvalue weighted by atomic mass is 16.3. The standard InChI is InChI=1S/C5H6N4O2/c10-4-2-3(7-1-6-2)8-5(11)9-4/h1,4,10H,(H,6,7)(H2,8,9,11). The summed E-state index contributed by atoms with van der Waals surface area (Å²) in [5, 5.41) is 13.9. The Labute approximate surface area is 61.6 Å². The van der Waals surface area contributed by atoms with Crippen LogP contribution in [-0.2, 0) is 0 Å². The molecule has 11 heavy (non-hydrogen) atoms. The molecule has 2 amide bonds. The van der Waals surface area contributed by atoms with Crippen molar-refractivity contribution in [2.24, 2.45) is 0 Å². The number of aromatic amines is 1. The zero-order chi connectivity index (χ0) is 7.84. The van der Waals surface area contributed by atoms with Crippen molar-refractivity contribution in [3.05, 3.63) is 12.0 Å². The molecule has 0 aliphatic carbocycles. The van der Waals surface area contributed by atoms with E-state index >= 15 is 0 Å². The van der Waals surface area contributed by atoms with Crippen molar-refractivity contribution in [1.29, 1.82) is 0 Å². The molecule has 2 heterocycles. The molecule has 1 aliphatic rings. The summed E-state index contributed by atoms with van der Waals surface area (Å²) < 4.78 is 0. The quantitative estimate of drug-likeness (QED) is 0.407. The lowest BCUT2D eigenvalue weighted by molar-refractivity contribution is 0.140. The predicted molar refractivity (Wildman–Crippen MR) is 35.7 cm³/mol. The van der Waals surface area contributed by atoms with Crippen LogP contribution in [0.25, 0.3) is 0 Å². The Balaban J connectivity index is 2.43. The summed E-state index contributed by atoms with van der Waals surface area (Å²) in [6, 6.07) is -0.447. The van der Waals surface area contributed by atoms with Gasteiger partial charge in [-0.25, -0.2) is 9.78 Å². The monoisotopic (exact) mass is 154 g/mol. The number of hydrogen-bond donors (Lipinski definition) is 4. The number of nitrogens with zero attached hydrogens (tertiary/aromatic N) is 1. The third kappa shape index (κ3) is 0.838. The Bertz CT molecular complexity index is 294. The van der Waals surface area contributed by atoms with Crippen molar-refractivity contribution in [3.63, 3.8) is 0 Å². The highest BCUT2D eigenvalue weighted by molar-refractivity contribution is 5.91. The Morgan fingerprint density at radius 3 is 3.27 bits per heavy atom. The fraction of sp³-hybridized carbons (Fsp3) is 0.200. The minimum absolute atomic E-state index is 0.376. The Kier molecular flexibility index (Phi) is 1.10.